The molecule has 0 aromatic rings. The maximum atomic E-state index is 5.59. The summed E-state index contributed by atoms with van der Waals surface area (Å²) in [5, 5.41) is 3.38. The molecule has 3 nitrogen and oxygen atoms in total. The smallest absolute Gasteiger partial charge is 0.0701 e. The Bertz CT molecular complexity index is 147. The van der Waals surface area contributed by atoms with Crippen molar-refractivity contribution >= 4 is 0 Å². The van der Waals surface area contributed by atoms with Gasteiger partial charge in [0.05, 0.1) is 19.8 Å². The highest BCUT2D eigenvalue weighted by Crippen LogP contribution is 2.26. The van der Waals surface area contributed by atoms with Crippen LogP contribution in [-0.4, -0.2) is 40.0 Å². The first-order valence-corrected chi connectivity index (χ1v) is 6.12. The number of rotatable bonds is 7. The van der Waals surface area contributed by atoms with E-state index in [9.17, 15) is 0 Å². The number of methoxy groups -OCH3 is 1. The van der Waals surface area contributed by atoms with E-state index in [0.29, 0.717) is 19.3 Å². The number of nitrogens with one attached hydrogen (secondary N) is 1. The minimum Gasteiger partial charge on any atom is -0.382 e. The number of ether oxygens (including phenoxy) is 2. The van der Waals surface area contributed by atoms with Crippen molar-refractivity contribution < 1.29 is 9.47 Å². The Labute approximate surface area is 93.5 Å². The average molecular weight is 215 g/mol. The van der Waals surface area contributed by atoms with Gasteiger partial charge in [0.15, 0.2) is 0 Å². The summed E-state index contributed by atoms with van der Waals surface area (Å²) in [5.41, 5.74) is 0. The third-order valence-corrected chi connectivity index (χ3v) is 3.32. The first-order valence-electron chi connectivity index (χ1n) is 6.12. The van der Waals surface area contributed by atoms with Gasteiger partial charge in [0.25, 0.3) is 0 Å². The minimum atomic E-state index is 0.530. The molecule has 1 unspecified atom stereocenters. The van der Waals surface area contributed by atoms with Crippen LogP contribution in [-0.2, 0) is 9.47 Å². The minimum absolute atomic E-state index is 0.530. The first kappa shape index (κ1) is 12.9. The van der Waals surface area contributed by atoms with E-state index in [4.69, 9.17) is 9.47 Å². The molecule has 0 aliphatic heterocycles. The van der Waals surface area contributed by atoms with Gasteiger partial charge < -0.3 is 14.8 Å². The summed E-state index contributed by atoms with van der Waals surface area (Å²) in [6, 6.07) is 0.530. The second-order valence-electron chi connectivity index (χ2n) is 4.36. The predicted octanol–water partition coefficient (Wildman–Crippen LogP) is 1.82. The van der Waals surface area contributed by atoms with Gasteiger partial charge in [-0.15, -0.1) is 0 Å². The van der Waals surface area contributed by atoms with Crippen molar-refractivity contribution in [1.29, 1.82) is 0 Å². The van der Waals surface area contributed by atoms with Crippen molar-refractivity contribution in [2.45, 2.75) is 38.1 Å². The molecular weight excluding hydrogens is 190 g/mol. The summed E-state index contributed by atoms with van der Waals surface area (Å²) in [6.07, 6.45) is 6.91. The molecule has 90 valence electrons. The van der Waals surface area contributed by atoms with Crippen LogP contribution in [0.15, 0.2) is 0 Å². The van der Waals surface area contributed by atoms with Crippen LogP contribution < -0.4 is 5.32 Å². The highest BCUT2D eigenvalue weighted by atomic mass is 16.5. The number of likely N-dealkylation sites (N-methyl/N-ethyl adjacent to an activating group) is 1. The molecule has 1 aliphatic rings. The Balaban J connectivity index is 2.15. The van der Waals surface area contributed by atoms with Crippen molar-refractivity contribution in [1.82, 2.24) is 5.32 Å². The molecule has 1 aliphatic carbocycles. The summed E-state index contributed by atoms with van der Waals surface area (Å²) in [6.45, 7) is 2.23. The van der Waals surface area contributed by atoms with E-state index < -0.39 is 0 Å². The molecule has 0 aromatic heterocycles. The quantitative estimate of drug-likeness (QED) is 0.657. The SMILES string of the molecule is CNC(COCCOC)C1CCCCC1. The zero-order chi connectivity index (χ0) is 10.9. The molecule has 0 spiro atoms. The van der Waals surface area contributed by atoms with Gasteiger partial charge in [-0.3, -0.25) is 0 Å². The van der Waals surface area contributed by atoms with E-state index in [0.717, 1.165) is 12.5 Å². The standard InChI is InChI=1S/C12H25NO2/c1-13-12(10-15-9-8-14-2)11-6-4-3-5-7-11/h11-13H,3-10H2,1-2H3. The molecule has 0 saturated heterocycles. The van der Waals surface area contributed by atoms with Crippen LogP contribution in [0, 0.1) is 5.92 Å². The van der Waals surface area contributed by atoms with Crippen LogP contribution in [0.3, 0.4) is 0 Å². The van der Waals surface area contributed by atoms with Crippen molar-refractivity contribution in [3.05, 3.63) is 0 Å². The van der Waals surface area contributed by atoms with E-state index in [-0.39, 0.29) is 0 Å². The van der Waals surface area contributed by atoms with E-state index in [1.165, 1.54) is 32.1 Å². The van der Waals surface area contributed by atoms with Crippen LogP contribution >= 0.6 is 0 Å². The molecule has 15 heavy (non-hydrogen) atoms. The Hall–Kier alpha value is -0.120. The lowest BCUT2D eigenvalue weighted by atomic mass is 9.84. The van der Waals surface area contributed by atoms with Crippen LogP contribution in [0.2, 0.25) is 0 Å². The molecule has 1 fully saturated rings. The number of hydrogen-bond acceptors (Lipinski definition) is 3. The lowest BCUT2D eigenvalue weighted by Gasteiger charge is -2.29. The van der Waals surface area contributed by atoms with Crippen molar-refractivity contribution in [2.24, 2.45) is 5.92 Å². The second-order valence-corrected chi connectivity index (χ2v) is 4.36. The van der Waals surface area contributed by atoms with Gasteiger partial charge >= 0.3 is 0 Å². The summed E-state index contributed by atoms with van der Waals surface area (Å²) < 4.78 is 10.6. The largest absolute Gasteiger partial charge is 0.382 e. The second kappa shape index (κ2) is 8.08. The van der Waals surface area contributed by atoms with E-state index in [2.05, 4.69) is 5.32 Å². The lowest BCUT2D eigenvalue weighted by molar-refractivity contribution is 0.0465. The third-order valence-electron chi connectivity index (χ3n) is 3.32. The average Bonchev–Trinajstić information content (AvgIpc) is 2.30. The van der Waals surface area contributed by atoms with Crippen LogP contribution in [0.5, 0.6) is 0 Å². The lowest BCUT2D eigenvalue weighted by Crippen LogP contribution is -2.39. The Morgan fingerprint density at radius 2 is 1.93 bits per heavy atom. The topological polar surface area (TPSA) is 30.5 Å². The van der Waals surface area contributed by atoms with Crippen molar-refractivity contribution in [3.8, 4) is 0 Å². The van der Waals surface area contributed by atoms with Crippen LogP contribution in [0.4, 0.5) is 0 Å². The normalized spacial score (nSPS) is 20.4. The van der Waals surface area contributed by atoms with Gasteiger partial charge in [0.1, 0.15) is 0 Å². The van der Waals surface area contributed by atoms with Crippen molar-refractivity contribution in [3.63, 3.8) is 0 Å². The van der Waals surface area contributed by atoms with Gasteiger partial charge in [-0.25, -0.2) is 0 Å². The monoisotopic (exact) mass is 215 g/mol. The molecule has 0 bridgehead atoms. The fourth-order valence-electron chi connectivity index (χ4n) is 2.34. The fraction of sp³-hybridized carbons (Fsp3) is 1.00. The van der Waals surface area contributed by atoms with Crippen LogP contribution in [0.25, 0.3) is 0 Å². The van der Waals surface area contributed by atoms with Gasteiger partial charge in [0.2, 0.25) is 0 Å². The molecule has 1 rings (SSSR count). The molecular formula is C12H25NO2. The van der Waals surface area contributed by atoms with Crippen molar-refractivity contribution in [2.75, 3.05) is 34.0 Å². The zero-order valence-corrected chi connectivity index (χ0v) is 10.1. The highest BCUT2D eigenvalue weighted by Gasteiger charge is 2.22. The highest BCUT2D eigenvalue weighted by molar-refractivity contribution is 4.77. The molecule has 0 heterocycles. The van der Waals surface area contributed by atoms with E-state index in [1.807, 2.05) is 7.05 Å². The first-order chi connectivity index (χ1) is 7.38. The van der Waals surface area contributed by atoms with Gasteiger partial charge in [-0.2, -0.15) is 0 Å². The molecule has 1 saturated carbocycles. The fourth-order valence-corrected chi connectivity index (χ4v) is 2.34. The number of hydrogen-bond donors (Lipinski definition) is 1. The molecule has 1 atom stereocenters. The summed E-state index contributed by atoms with van der Waals surface area (Å²) in [5.74, 6) is 0.811. The Kier molecular flexibility index (Phi) is 6.98. The Morgan fingerprint density at radius 3 is 2.53 bits per heavy atom. The van der Waals surface area contributed by atoms with Gasteiger partial charge in [-0.05, 0) is 25.8 Å². The molecule has 0 amide bonds. The Morgan fingerprint density at radius 1 is 1.20 bits per heavy atom. The zero-order valence-electron chi connectivity index (χ0n) is 10.1. The maximum Gasteiger partial charge on any atom is 0.0701 e. The maximum absolute atomic E-state index is 5.59. The van der Waals surface area contributed by atoms with E-state index in [1.54, 1.807) is 7.11 Å². The molecule has 0 aromatic carbocycles. The summed E-state index contributed by atoms with van der Waals surface area (Å²) in [4.78, 5) is 0. The van der Waals surface area contributed by atoms with Gasteiger partial charge in [-0.1, -0.05) is 19.3 Å². The molecule has 1 N–H and O–H groups in total. The van der Waals surface area contributed by atoms with Gasteiger partial charge in [0, 0.05) is 13.2 Å². The van der Waals surface area contributed by atoms with E-state index >= 15 is 0 Å². The molecule has 0 radical (unpaired) electrons. The summed E-state index contributed by atoms with van der Waals surface area (Å²) >= 11 is 0. The van der Waals surface area contributed by atoms with Crippen LogP contribution in [0.1, 0.15) is 32.1 Å². The third kappa shape index (κ3) is 4.96. The summed E-state index contributed by atoms with van der Waals surface area (Å²) in [7, 11) is 3.75. The molecule has 3 heteroatoms. The predicted molar refractivity (Wildman–Crippen MR) is 62.1 cm³/mol.